The average molecular weight is 371 g/mol. The van der Waals surface area contributed by atoms with Gasteiger partial charge in [0.25, 0.3) is 0 Å². The van der Waals surface area contributed by atoms with E-state index in [1.807, 2.05) is 18.7 Å². The van der Waals surface area contributed by atoms with Crippen LogP contribution in [0.25, 0.3) is 0 Å². The number of anilines is 1. The van der Waals surface area contributed by atoms with E-state index in [0.29, 0.717) is 0 Å². The number of esters is 1. The molecule has 0 bridgehead atoms. The van der Waals surface area contributed by atoms with E-state index in [9.17, 15) is 18.0 Å². The maximum atomic E-state index is 12.8. The number of alkyl halides is 3. The van der Waals surface area contributed by atoms with Gasteiger partial charge in [-0.2, -0.15) is 13.2 Å². The SMILES string of the molecule is CCOC(=O)/C(=N\Nc1cccc(C(F)(F)F)c1)N1C(C)CCCC1C. The zero-order valence-electron chi connectivity index (χ0n) is 15.1. The van der Waals surface area contributed by atoms with Gasteiger partial charge in [0.1, 0.15) is 0 Å². The van der Waals surface area contributed by atoms with Gasteiger partial charge in [-0.25, -0.2) is 4.79 Å². The fourth-order valence-electron chi connectivity index (χ4n) is 3.13. The highest BCUT2D eigenvalue weighted by Crippen LogP contribution is 2.30. The van der Waals surface area contributed by atoms with Crippen LogP contribution in [0.1, 0.15) is 45.6 Å². The average Bonchev–Trinajstić information content (AvgIpc) is 2.57. The Morgan fingerprint density at radius 1 is 1.31 bits per heavy atom. The fraction of sp³-hybridized carbons (Fsp3) is 0.556. The van der Waals surface area contributed by atoms with Crippen molar-refractivity contribution in [3.05, 3.63) is 29.8 Å². The number of hydrogen-bond acceptors (Lipinski definition) is 4. The van der Waals surface area contributed by atoms with Gasteiger partial charge < -0.3 is 9.64 Å². The Morgan fingerprint density at radius 3 is 2.54 bits per heavy atom. The highest BCUT2D eigenvalue weighted by atomic mass is 19.4. The summed E-state index contributed by atoms with van der Waals surface area (Å²) < 4.78 is 43.6. The van der Waals surface area contributed by atoms with Crippen molar-refractivity contribution in [3.8, 4) is 0 Å². The number of nitrogens with zero attached hydrogens (tertiary/aromatic N) is 2. The zero-order valence-corrected chi connectivity index (χ0v) is 15.1. The Kier molecular flexibility index (Phi) is 6.50. The molecule has 26 heavy (non-hydrogen) atoms. The number of carbonyl (C=O) groups excluding carboxylic acids is 1. The molecule has 0 aromatic heterocycles. The highest BCUT2D eigenvalue weighted by molar-refractivity contribution is 6.35. The standard InChI is InChI=1S/C18H24F3N3O2/c1-4-26-17(25)16(24-12(2)7-5-8-13(24)3)23-22-15-10-6-9-14(11-15)18(19,20)21/h6,9-13,22H,4-5,7-8H2,1-3H3/b23-16+. The second-order valence-electron chi connectivity index (χ2n) is 6.38. The second-order valence-corrected chi connectivity index (χ2v) is 6.38. The van der Waals surface area contributed by atoms with Crippen molar-refractivity contribution in [1.29, 1.82) is 0 Å². The molecule has 0 amide bonds. The van der Waals surface area contributed by atoms with Crippen molar-refractivity contribution in [3.63, 3.8) is 0 Å². The van der Waals surface area contributed by atoms with Crippen molar-refractivity contribution in [2.24, 2.45) is 5.10 Å². The van der Waals surface area contributed by atoms with E-state index >= 15 is 0 Å². The van der Waals surface area contributed by atoms with Crippen LogP contribution in [-0.4, -0.2) is 35.4 Å². The third kappa shape index (κ3) is 4.89. The minimum Gasteiger partial charge on any atom is -0.460 e. The Morgan fingerprint density at radius 2 is 1.96 bits per heavy atom. The van der Waals surface area contributed by atoms with Crippen molar-refractivity contribution >= 4 is 17.5 Å². The molecule has 5 nitrogen and oxygen atoms in total. The summed E-state index contributed by atoms with van der Waals surface area (Å²) in [6.45, 7) is 5.88. The van der Waals surface area contributed by atoms with Crippen molar-refractivity contribution < 1.29 is 22.7 Å². The van der Waals surface area contributed by atoms with Gasteiger partial charge in [-0.3, -0.25) is 5.43 Å². The fourth-order valence-corrected chi connectivity index (χ4v) is 3.13. The summed E-state index contributed by atoms with van der Waals surface area (Å²) in [7, 11) is 0. The van der Waals surface area contributed by atoms with Gasteiger partial charge in [-0.1, -0.05) is 6.07 Å². The summed E-state index contributed by atoms with van der Waals surface area (Å²) in [6, 6.07) is 4.86. The van der Waals surface area contributed by atoms with Crippen LogP contribution in [0.5, 0.6) is 0 Å². The number of ether oxygens (including phenoxy) is 1. The summed E-state index contributed by atoms with van der Waals surface area (Å²) in [5.74, 6) is -0.503. The van der Waals surface area contributed by atoms with Gasteiger partial charge in [-0.15, -0.1) is 5.10 Å². The molecule has 0 radical (unpaired) electrons. The number of amidine groups is 1. The summed E-state index contributed by atoms with van der Waals surface area (Å²) in [5.41, 5.74) is 1.95. The van der Waals surface area contributed by atoms with Crippen LogP contribution in [0.4, 0.5) is 18.9 Å². The number of hydrazone groups is 1. The predicted octanol–water partition coefficient (Wildman–Crippen LogP) is 4.26. The number of carbonyl (C=O) groups is 1. The molecular formula is C18H24F3N3O2. The van der Waals surface area contributed by atoms with E-state index in [1.54, 1.807) is 6.92 Å². The van der Waals surface area contributed by atoms with Crippen LogP contribution in [-0.2, 0) is 15.7 Å². The summed E-state index contributed by atoms with van der Waals surface area (Å²) in [6.07, 6.45) is -1.57. The number of nitrogens with one attached hydrogen (secondary N) is 1. The van der Waals surface area contributed by atoms with Crippen LogP contribution in [0.2, 0.25) is 0 Å². The molecule has 1 aliphatic rings. The Balaban J connectivity index is 2.29. The number of benzene rings is 1. The highest BCUT2D eigenvalue weighted by Gasteiger charge is 2.33. The van der Waals surface area contributed by atoms with Gasteiger partial charge in [0, 0.05) is 12.1 Å². The largest absolute Gasteiger partial charge is 0.460 e. The second kappa shape index (κ2) is 8.42. The van der Waals surface area contributed by atoms with Crippen LogP contribution < -0.4 is 5.43 Å². The maximum absolute atomic E-state index is 12.8. The zero-order chi connectivity index (χ0) is 19.3. The van der Waals surface area contributed by atoms with Crippen LogP contribution in [0, 0.1) is 0 Å². The lowest BCUT2D eigenvalue weighted by atomic mass is 9.97. The minimum absolute atomic E-state index is 0.0870. The number of piperidine rings is 1. The van der Waals surface area contributed by atoms with Crippen LogP contribution >= 0.6 is 0 Å². The van der Waals surface area contributed by atoms with Crippen molar-refractivity contribution in [1.82, 2.24) is 4.90 Å². The monoisotopic (exact) mass is 371 g/mol. The summed E-state index contributed by atoms with van der Waals surface area (Å²) >= 11 is 0. The summed E-state index contributed by atoms with van der Waals surface area (Å²) in [5, 5.41) is 4.11. The van der Waals surface area contributed by atoms with Gasteiger partial charge in [0.05, 0.1) is 17.9 Å². The molecule has 144 valence electrons. The predicted molar refractivity (Wildman–Crippen MR) is 93.7 cm³/mol. The van der Waals surface area contributed by atoms with Gasteiger partial charge in [0.15, 0.2) is 0 Å². The molecule has 2 rings (SSSR count). The van der Waals surface area contributed by atoms with Gasteiger partial charge in [0.2, 0.25) is 5.84 Å². The molecule has 0 saturated carbocycles. The van der Waals surface area contributed by atoms with E-state index in [0.717, 1.165) is 31.4 Å². The first-order chi connectivity index (χ1) is 12.2. The van der Waals surface area contributed by atoms with E-state index in [-0.39, 0.29) is 30.2 Å². The maximum Gasteiger partial charge on any atom is 0.416 e. The quantitative estimate of drug-likeness (QED) is 0.373. The molecule has 2 unspecified atom stereocenters. The van der Waals surface area contributed by atoms with E-state index in [2.05, 4.69) is 10.5 Å². The number of hydrogen-bond donors (Lipinski definition) is 1. The number of halogens is 3. The summed E-state index contributed by atoms with van der Waals surface area (Å²) in [4.78, 5) is 14.2. The molecule has 1 saturated heterocycles. The molecule has 0 spiro atoms. The molecule has 2 atom stereocenters. The van der Waals surface area contributed by atoms with Crippen LogP contribution in [0.3, 0.4) is 0 Å². The first-order valence-electron chi connectivity index (χ1n) is 8.70. The molecule has 8 heteroatoms. The van der Waals surface area contributed by atoms with E-state index in [1.165, 1.54) is 12.1 Å². The molecule has 1 heterocycles. The molecule has 1 aliphatic heterocycles. The van der Waals surface area contributed by atoms with Crippen molar-refractivity contribution in [2.75, 3.05) is 12.0 Å². The normalized spacial score (nSPS) is 21.5. The lowest BCUT2D eigenvalue weighted by Gasteiger charge is -2.40. The molecule has 1 aromatic carbocycles. The minimum atomic E-state index is -4.44. The molecule has 1 N–H and O–H groups in total. The molecule has 1 fully saturated rings. The lowest BCUT2D eigenvalue weighted by Crippen LogP contribution is -2.51. The first-order valence-corrected chi connectivity index (χ1v) is 8.70. The molecular weight excluding hydrogens is 347 g/mol. The molecule has 1 aromatic rings. The van der Waals surface area contributed by atoms with Gasteiger partial charge >= 0.3 is 12.1 Å². The Hall–Kier alpha value is -2.25. The van der Waals surface area contributed by atoms with Gasteiger partial charge in [-0.05, 0) is 58.2 Å². The van der Waals surface area contributed by atoms with Crippen LogP contribution in [0.15, 0.2) is 29.4 Å². The Bertz CT molecular complexity index is 651. The number of likely N-dealkylation sites (tertiary alicyclic amines) is 1. The third-order valence-corrected chi connectivity index (χ3v) is 4.38. The third-order valence-electron chi connectivity index (χ3n) is 4.38. The topological polar surface area (TPSA) is 53.9 Å². The first kappa shape index (κ1) is 20.1. The van der Waals surface area contributed by atoms with Crippen molar-refractivity contribution in [2.45, 2.75) is 58.3 Å². The number of rotatable bonds is 3. The lowest BCUT2D eigenvalue weighted by molar-refractivity contribution is -0.138. The Labute approximate surface area is 151 Å². The van der Waals surface area contributed by atoms with E-state index < -0.39 is 17.7 Å². The smallest absolute Gasteiger partial charge is 0.416 e. The van der Waals surface area contributed by atoms with E-state index in [4.69, 9.17) is 4.74 Å². The molecule has 0 aliphatic carbocycles.